The van der Waals surface area contributed by atoms with E-state index in [0.29, 0.717) is 43.9 Å². The minimum atomic E-state index is -1.13. The fourth-order valence-electron chi connectivity index (χ4n) is 11.1. The van der Waals surface area contributed by atoms with Crippen LogP contribution in [0.4, 0.5) is 0 Å². The predicted octanol–water partition coefficient (Wildman–Crippen LogP) is 5.29. The molecule has 2 heterocycles. The van der Waals surface area contributed by atoms with Gasteiger partial charge in [0.15, 0.2) is 5.79 Å². The number of nitrogens with zero attached hydrogens (tertiary/aromatic N) is 3. The Bertz CT molecular complexity index is 1480. The average Bonchev–Trinajstić information content (AvgIpc) is 3.66. The van der Waals surface area contributed by atoms with Crippen molar-refractivity contribution < 1.29 is 43.0 Å². The minimum Gasteiger partial charge on any atom is -0.389 e. The topological polar surface area (TPSA) is 125 Å². The lowest BCUT2D eigenvalue weighted by atomic mass is 9.40. The summed E-state index contributed by atoms with van der Waals surface area (Å²) in [6.07, 6.45) is 5.93. The van der Waals surface area contributed by atoms with E-state index in [9.17, 15) is 5.11 Å². The van der Waals surface area contributed by atoms with Crippen LogP contribution in [0.3, 0.4) is 0 Å². The number of methoxy groups -OCH3 is 3. The maximum Gasteiger partial charge on any atom is 0.163 e. The number of rotatable bonds is 12. The van der Waals surface area contributed by atoms with Gasteiger partial charge in [0.2, 0.25) is 0 Å². The molecular weight excluding hydrogens is 666 g/mol. The van der Waals surface area contributed by atoms with Gasteiger partial charge in [0.05, 0.1) is 53.8 Å². The van der Waals surface area contributed by atoms with Crippen LogP contribution in [0.1, 0.15) is 82.9 Å². The average molecular weight is 720 g/mol. The smallest absolute Gasteiger partial charge is 0.163 e. The summed E-state index contributed by atoms with van der Waals surface area (Å²) in [5.41, 5.74) is -0.857. The van der Waals surface area contributed by atoms with Crippen LogP contribution in [-0.4, -0.2) is 104 Å². The lowest BCUT2D eigenvalue weighted by molar-refractivity contribution is -0.408. The summed E-state index contributed by atoms with van der Waals surface area (Å²) in [6, 6.07) is 7.81. The molecule has 12 nitrogen and oxygen atoms in total. The van der Waals surface area contributed by atoms with E-state index in [1.807, 2.05) is 42.8 Å². The van der Waals surface area contributed by atoms with Gasteiger partial charge in [0.25, 0.3) is 0 Å². The minimum absolute atomic E-state index is 0.000000875. The highest BCUT2D eigenvalue weighted by Crippen LogP contribution is 2.73. The molecule has 7 rings (SSSR count). The van der Waals surface area contributed by atoms with Crippen molar-refractivity contribution in [1.29, 1.82) is 0 Å². The summed E-state index contributed by atoms with van der Waals surface area (Å²) in [6.45, 7) is 7.60. The number of aromatic nitrogens is 3. The number of hydrogen-bond acceptors (Lipinski definition) is 11. The second kappa shape index (κ2) is 13.9. The van der Waals surface area contributed by atoms with E-state index in [-0.39, 0.29) is 56.4 Å². The second-order valence-corrected chi connectivity index (χ2v) is 16.3. The molecular formula is C37H54ClN3O9. The van der Waals surface area contributed by atoms with Crippen molar-refractivity contribution >= 4 is 11.6 Å². The molecule has 0 radical (unpaired) electrons. The molecule has 50 heavy (non-hydrogen) atoms. The highest BCUT2D eigenvalue weighted by Gasteiger charge is 2.78. The first-order chi connectivity index (χ1) is 23.9. The first-order valence-electron chi connectivity index (χ1n) is 18.0. The summed E-state index contributed by atoms with van der Waals surface area (Å²) in [5, 5.41) is 23.0. The predicted molar refractivity (Wildman–Crippen MR) is 182 cm³/mol. The Labute approximate surface area is 300 Å². The zero-order valence-corrected chi connectivity index (χ0v) is 31.0. The number of ether oxygens (including phenoxy) is 8. The Morgan fingerprint density at radius 1 is 0.960 bits per heavy atom. The normalized spacial score (nSPS) is 40.5. The SMILES string of the molecule is COCO[C@H]1C[C@H]2OC(C)(C)OC[C@]23C2C(CC[C@]3(O)C1)[C@@]1(OCOC)CC[C@H](c3cn(Cc4ccc(Cl)cc4)nn3)[C@@]1(C)C[C@H]2OCOC. The molecule has 2 aromatic rings. The highest BCUT2D eigenvalue weighted by molar-refractivity contribution is 6.30. The van der Waals surface area contributed by atoms with Crippen LogP contribution < -0.4 is 0 Å². The molecule has 5 fully saturated rings. The zero-order valence-electron chi connectivity index (χ0n) is 30.3. The first kappa shape index (κ1) is 36.6. The van der Waals surface area contributed by atoms with Crippen LogP contribution in [0.25, 0.3) is 0 Å². The summed E-state index contributed by atoms with van der Waals surface area (Å²) in [7, 11) is 4.94. The fraction of sp³-hybridized carbons (Fsp3) is 0.784. The van der Waals surface area contributed by atoms with Gasteiger partial charge in [-0.3, -0.25) is 0 Å². The van der Waals surface area contributed by atoms with Gasteiger partial charge < -0.3 is 43.0 Å². The summed E-state index contributed by atoms with van der Waals surface area (Å²) >= 11 is 6.13. The van der Waals surface area contributed by atoms with Crippen molar-refractivity contribution in [2.45, 2.75) is 113 Å². The van der Waals surface area contributed by atoms with E-state index in [4.69, 9.17) is 54.6 Å². The molecule has 1 saturated heterocycles. The highest BCUT2D eigenvalue weighted by atomic mass is 35.5. The zero-order chi connectivity index (χ0) is 35.4. The van der Waals surface area contributed by atoms with Gasteiger partial charge in [-0.15, -0.1) is 5.10 Å². The molecule has 4 saturated carbocycles. The van der Waals surface area contributed by atoms with Gasteiger partial charge in [0, 0.05) is 62.6 Å². The van der Waals surface area contributed by atoms with Crippen molar-refractivity contribution in [3.05, 3.63) is 46.7 Å². The molecule has 1 spiro atoms. The largest absolute Gasteiger partial charge is 0.389 e. The van der Waals surface area contributed by atoms with Crippen molar-refractivity contribution in [2.24, 2.45) is 22.7 Å². The molecule has 4 aliphatic carbocycles. The third-order valence-electron chi connectivity index (χ3n) is 13.1. The van der Waals surface area contributed by atoms with Gasteiger partial charge in [-0.2, -0.15) is 0 Å². The Morgan fingerprint density at radius 2 is 1.70 bits per heavy atom. The van der Waals surface area contributed by atoms with Gasteiger partial charge in [0.1, 0.15) is 20.4 Å². The Balaban J connectivity index is 1.29. The van der Waals surface area contributed by atoms with E-state index in [1.54, 1.807) is 21.3 Å². The van der Waals surface area contributed by atoms with Gasteiger partial charge in [-0.25, -0.2) is 4.68 Å². The maximum absolute atomic E-state index is 13.0. The number of hydrogen-bond donors (Lipinski definition) is 1. The summed E-state index contributed by atoms with van der Waals surface area (Å²) < 4.78 is 51.7. The number of fused-ring (bicyclic) bond motifs is 3. The number of aliphatic hydroxyl groups is 1. The van der Waals surface area contributed by atoms with Crippen LogP contribution in [0.2, 0.25) is 5.02 Å². The van der Waals surface area contributed by atoms with Crippen molar-refractivity contribution in [1.82, 2.24) is 15.0 Å². The van der Waals surface area contributed by atoms with Crippen LogP contribution in [-0.2, 0) is 44.4 Å². The number of halogens is 1. The number of benzene rings is 1. The third kappa shape index (κ3) is 5.95. The summed E-state index contributed by atoms with van der Waals surface area (Å²) in [4.78, 5) is 0. The Morgan fingerprint density at radius 3 is 2.44 bits per heavy atom. The summed E-state index contributed by atoms with van der Waals surface area (Å²) in [5.74, 6) is -0.928. The van der Waals surface area contributed by atoms with E-state index in [0.717, 1.165) is 30.5 Å². The van der Waals surface area contributed by atoms with Crippen molar-refractivity contribution in [3.63, 3.8) is 0 Å². The van der Waals surface area contributed by atoms with Crippen LogP contribution in [0.15, 0.2) is 30.5 Å². The lowest BCUT2D eigenvalue weighted by Gasteiger charge is -2.71. The lowest BCUT2D eigenvalue weighted by Crippen LogP contribution is -2.78. The molecule has 5 aliphatic rings. The molecule has 10 atom stereocenters. The molecule has 1 aromatic heterocycles. The van der Waals surface area contributed by atoms with Crippen LogP contribution in [0.5, 0.6) is 0 Å². The molecule has 1 aliphatic heterocycles. The Hall–Kier alpha value is -1.71. The quantitative estimate of drug-likeness (QED) is 0.288. The van der Waals surface area contributed by atoms with Gasteiger partial charge >= 0.3 is 0 Å². The maximum atomic E-state index is 13.0. The molecule has 0 amide bonds. The van der Waals surface area contributed by atoms with Gasteiger partial charge in [-0.1, -0.05) is 35.9 Å². The monoisotopic (exact) mass is 719 g/mol. The van der Waals surface area contributed by atoms with Gasteiger partial charge in [-0.05, 0) is 69.6 Å². The molecule has 2 unspecified atom stereocenters. The molecule has 13 heteroatoms. The van der Waals surface area contributed by atoms with Crippen molar-refractivity contribution in [3.8, 4) is 0 Å². The Kier molecular flexibility index (Phi) is 10.2. The van der Waals surface area contributed by atoms with E-state index < -0.39 is 27.8 Å². The van der Waals surface area contributed by atoms with Crippen molar-refractivity contribution in [2.75, 3.05) is 48.3 Å². The molecule has 1 aromatic carbocycles. The fourth-order valence-corrected chi connectivity index (χ4v) is 11.2. The third-order valence-corrected chi connectivity index (χ3v) is 13.3. The van der Waals surface area contributed by atoms with Crippen LogP contribution in [0, 0.1) is 22.7 Å². The molecule has 1 N–H and O–H groups in total. The van der Waals surface area contributed by atoms with E-state index in [2.05, 4.69) is 18.3 Å². The standard InChI is InChI=1S/C37H54ClN3O9/c1-33(2)48-20-36-31(50-33)15-26(46-21-43-4)16-35(36,42)13-11-28-32(36)30(47-22-44-5)17-34(3)27(12-14-37(28,34)49-23-45-6)29-19-41(40-39-29)18-24-7-9-25(38)10-8-24/h7-10,19,26-28,30-32,42H,11-18,20-23H2,1-6H3/t26-,27+,28?,30+,31+,32?,34+,35-,36+,37-/m0/s1. The van der Waals surface area contributed by atoms with Crippen LogP contribution >= 0.6 is 11.6 Å². The second-order valence-electron chi connectivity index (χ2n) is 15.9. The molecule has 0 bridgehead atoms. The van der Waals surface area contributed by atoms with E-state index >= 15 is 0 Å². The molecule has 278 valence electrons. The first-order valence-corrected chi connectivity index (χ1v) is 18.3. The van der Waals surface area contributed by atoms with E-state index in [1.165, 1.54) is 0 Å².